The minimum atomic E-state index is 0.392. The number of rotatable bonds is 1. The van der Waals surface area contributed by atoms with Gasteiger partial charge in [0.15, 0.2) is 5.82 Å². The third-order valence-electron chi connectivity index (χ3n) is 1.67. The molecule has 0 spiro atoms. The average Bonchev–Trinajstić information content (AvgIpc) is 2.50. The van der Waals surface area contributed by atoms with Crippen molar-refractivity contribution in [2.24, 2.45) is 5.11 Å². The third kappa shape index (κ3) is 1.34. The molecule has 0 aliphatic carbocycles. The monoisotopic (exact) mass is 285 g/mol. The zero-order valence-corrected chi connectivity index (χ0v) is 8.56. The van der Waals surface area contributed by atoms with Gasteiger partial charge in [0.25, 0.3) is 0 Å². The molecular weight excluding hydrogens is 281 g/mol. The number of nitrogens with zero attached hydrogens (tertiary/aromatic N) is 4. The normalized spacial score (nSPS) is 9.92. The number of azide groups is 1. The van der Waals surface area contributed by atoms with E-state index in [1.165, 1.54) is 0 Å². The molecule has 6 heteroatoms. The van der Waals surface area contributed by atoms with Gasteiger partial charge in [-0.2, -0.15) is 0 Å². The molecule has 0 amide bonds. The van der Waals surface area contributed by atoms with Gasteiger partial charge in [-0.3, -0.25) is 4.98 Å². The lowest BCUT2D eigenvalue weighted by atomic mass is 10.3. The molecule has 0 saturated carbocycles. The fourth-order valence-corrected chi connectivity index (χ4v) is 1.73. The maximum atomic E-state index is 8.29. The Bertz CT molecular complexity index is 497. The quantitative estimate of drug-likeness (QED) is 0.371. The van der Waals surface area contributed by atoms with Crippen molar-refractivity contribution in [3.05, 3.63) is 32.5 Å². The van der Waals surface area contributed by atoms with E-state index in [1.54, 1.807) is 6.20 Å². The van der Waals surface area contributed by atoms with Crippen molar-refractivity contribution in [3.63, 3.8) is 0 Å². The van der Waals surface area contributed by atoms with E-state index in [0.717, 1.165) is 14.5 Å². The number of nitrogens with one attached hydrogen (secondary N) is 1. The number of aromatic nitrogens is 2. The van der Waals surface area contributed by atoms with E-state index in [9.17, 15) is 0 Å². The van der Waals surface area contributed by atoms with Gasteiger partial charge in [-0.1, -0.05) is 0 Å². The molecule has 0 unspecified atom stereocenters. The summed E-state index contributed by atoms with van der Waals surface area (Å²) in [6.07, 6.45) is 3.48. The number of aromatic amines is 1. The van der Waals surface area contributed by atoms with Crippen molar-refractivity contribution in [1.82, 2.24) is 9.97 Å². The second-order valence-corrected chi connectivity index (χ2v) is 3.55. The lowest BCUT2D eigenvalue weighted by molar-refractivity contribution is 1.27. The summed E-state index contributed by atoms with van der Waals surface area (Å²) in [4.78, 5) is 9.67. The smallest absolute Gasteiger partial charge is 0.150 e. The molecule has 1 N–H and O–H groups in total. The Balaban J connectivity index is 2.84. The molecule has 2 aromatic heterocycles. The van der Waals surface area contributed by atoms with Gasteiger partial charge < -0.3 is 4.98 Å². The molecule has 64 valence electrons. The minimum Gasteiger partial charge on any atom is -0.358 e. The van der Waals surface area contributed by atoms with E-state index < -0.39 is 0 Å². The minimum absolute atomic E-state index is 0.392. The predicted molar refractivity (Wildman–Crippen MR) is 57.6 cm³/mol. The van der Waals surface area contributed by atoms with E-state index in [-0.39, 0.29) is 0 Å². The Morgan fingerprint density at radius 2 is 2.46 bits per heavy atom. The van der Waals surface area contributed by atoms with Crippen molar-refractivity contribution in [2.75, 3.05) is 0 Å². The Hall–Kier alpha value is -1.27. The topological polar surface area (TPSA) is 77.4 Å². The first-order chi connectivity index (χ1) is 6.33. The fourth-order valence-electron chi connectivity index (χ4n) is 1.12. The number of hydrogen-bond donors (Lipinski definition) is 1. The molecule has 0 aliphatic heterocycles. The Morgan fingerprint density at radius 1 is 1.62 bits per heavy atom. The van der Waals surface area contributed by atoms with Crippen LogP contribution in [0.5, 0.6) is 0 Å². The zero-order chi connectivity index (χ0) is 9.26. The highest BCUT2D eigenvalue weighted by Crippen LogP contribution is 2.25. The third-order valence-corrected chi connectivity index (χ3v) is 2.56. The highest BCUT2D eigenvalue weighted by molar-refractivity contribution is 14.1. The molecule has 0 saturated heterocycles. The lowest BCUT2D eigenvalue weighted by Gasteiger charge is -1.92. The van der Waals surface area contributed by atoms with Gasteiger partial charge in [0, 0.05) is 26.3 Å². The molecule has 2 aromatic rings. The first kappa shape index (κ1) is 8.33. The summed E-state index contributed by atoms with van der Waals surface area (Å²) in [5.41, 5.74) is 9.07. The Kier molecular flexibility index (Phi) is 2.07. The number of halogens is 1. The van der Waals surface area contributed by atoms with Crippen LogP contribution in [0, 0.1) is 3.57 Å². The highest BCUT2D eigenvalue weighted by Gasteiger charge is 2.04. The molecule has 2 heterocycles. The summed E-state index contributed by atoms with van der Waals surface area (Å²) in [6.45, 7) is 0. The average molecular weight is 285 g/mol. The van der Waals surface area contributed by atoms with E-state index in [1.807, 2.05) is 12.3 Å². The molecule has 5 nitrogen and oxygen atoms in total. The molecule has 0 atom stereocenters. The molecular formula is C7H4IN5. The van der Waals surface area contributed by atoms with Crippen LogP contribution in [-0.4, -0.2) is 9.97 Å². The van der Waals surface area contributed by atoms with Crippen LogP contribution in [0.4, 0.5) is 5.82 Å². The van der Waals surface area contributed by atoms with Crippen LogP contribution in [0.15, 0.2) is 23.6 Å². The molecule has 0 fully saturated rings. The summed E-state index contributed by atoms with van der Waals surface area (Å²) in [7, 11) is 0. The van der Waals surface area contributed by atoms with Gasteiger partial charge in [0.05, 0.1) is 5.52 Å². The van der Waals surface area contributed by atoms with Crippen molar-refractivity contribution in [2.45, 2.75) is 0 Å². The summed E-state index contributed by atoms with van der Waals surface area (Å²) >= 11 is 2.20. The van der Waals surface area contributed by atoms with E-state index in [0.29, 0.717) is 5.82 Å². The van der Waals surface area contributed by atoms with E-state index in [2.05, 4.69) is 42.6 Å². The summed E-state index contributed by atoms with van der Waals surface area (Å²) in [5.74, 6) is 0.392. The van der Waals surface area contributed by atoms with Gasteiger partial charge in [0.1, 0.15) is 0 Å². The van der Waals surface area contributed by atoms with Crippen LogP contribution in [0.25, 0.3) is 21.3 Å². The molecule has 0 aromatic carbocycles. The Labute approximate surface area is 86.9 Å². The van der Waals surface area contributed by atoms with Gasteiger partial charge in [-0.05, 0) is 39.3 Å². The maximum Gasteiger partial charge on any atom is 0.150 e. The first-order valence-electron chi connectivity index (χ1n) is 3.49. The zero-order valence-electron chi connectivity index (χ0n) is 6.40. The van der Waals surface area contributed by atoms with Crippen LogP contribution in [0.3, 0.4) is 0 Å². The van der Waals surface area contributed by atoms with Crippen LogP contribution in [-0.2, 0) is 0 Å². The maximum absolute atomic E-state index is 8.29. The number of pyridine rings is 1. The standard InChI is InChI=1S/C7H4IN5/c8-5-3-11-6-4(5)1-2-10-7(6)12-13-9/h1-3,11H. The van der Waals surface area contributed by atoms with Crippen LogP contribution >= 0.6 is 22.6 Å². The molecule has 0 radical (unpaired) electrons. The summed E-state index contributed by atoms with van der Waals surface area (Å²) in [6, 6.07) is 1.88. The largest absolute Gasteiger partial charge is 0.358 e. The van der Waals surface area contributed by atoms with Crippen LogP contribution in [0.2, 0.25) is 0 Å². The number of H-pyrrole nitrogens is 1. The van der Waals surface area contributed by atoms with Crippen molar-refractivity contribution >= 4 is 39.3 Å². The highest BCUT2D eigenvalue weighted by atomic mass is 127. The Morgan fingerprint density at radius 3 is 3.23 bits per heavy atom. The van der Waals surface area contributed by atoms with Gasteiger partial charge in [-0.15, -0.1) is 0 Å². The van der Waals surface area contributed by atoms with Crippen LogP contribution in [0.1, 0.15) is 0 Å². The van der Waals surface area contributed by atoms with Gasteiger partial charge >= 0.3 is 0 Å². The van der Waals surface area contributed by atoms with Crippen LogP contribution < -0.4 is 0 Å². The van der Waals surface area contributed by atoms with E-state index >= 15 is 0 Å². The number of fused-ring (bicyclic) bond motifs is 1. The number of hydrogen-bond acceptors (Lipinski definition) is 2. The second kappa shape index (κ2) is 3.23. The lowest BCUT2D eigenvalue weighted by Crippen LogP contribution is -1.74. The van der Waals surface area contributed by atoms with E-state index in [4.69, 9.17) is 5.53 Å². The molecule has 0 bridgehead atoms. The van der Waals surface area contributed by atoms with Gasteiger partial charge in [-0.25, -0.2) is 0 Å². The summed E-state index contributed by atoms with van der Waals surface area (Å²) in [5, 5.41) is 4.51. The van der Waals surface area contributed by atoms with Crippen molar-refractivity contribution in [1.29, 1.82) is 0 Å². The predicted octanol–water partition coefficient (Wildman–Crippen LogP) is 3.11. The summed E-state index contributed by atoms with van der Waals surface area (Å²) < 4.78 is 1.09. The first-order valence-corrected chi connectivity index (χ1v) is 4.57. The second-order valence-electron chi connectivity index (χ2n) is 2.38. The van der Waals surface area contributed by atoms with Crippen molar-refractivity contribution in [3.8, 4) is 0 Å². The van der Waals surface area contributed by atoms with Crippen molar-refractivity contribution < 1.29 is 0 Å². The SMILES string of the molecule is [N-]=[N+]=Nc1nccc2c(I)c[nH]c12. The van der Waals surface area contributed by atoms with Gasteiger partial charge in [0.2, 0.25) is 0 Å². The molecule has 2 rings (SSSR count). The molecule has 13 heavy (non-hydrogen) atoms. The molecule has 0 aliphatic rings. The fraction of sp³-hybridized carbons (Fsp3) is 0.